The first-order valence-electron chi connectivity index (χ1n) is 10.2. The summed E-state index contributed by atoms with van der Waals surface area (Å²) in [5.41, 5.74) is 3.11. The Labute approximate surface area is 186 Å². The van der Waals surface area contributed by atoms with E-state index in [1.165, 1.54) is 0 Å². The van der Waals surface area contributed by atoms with Gasteiger partial charge in [-0.3, -0.25) is 4.79 Å². The van der Waals surface area contributed by atoms with Gasteiger partial charge in [0.2, 0.25) is 0 Å². The van der Waals surface area contributed by atoms with Gasteiger partial charge in [-0.05, 0) is 42.5 Å². The lowest BCUT2D eigenvalue weighted by Gasteiger charge is -2.25. The van der Waals surface area contributed by atoms with Gasteiger partial charge >= 0.3 is 0 Å². The molecule has 0 bridgehead atoms. The Kier molecular flexibility index (Phi) is 4.81. The highest BCUT2D eigenvalue weighted by atomic mass is 16.5. The summed E-state index contributed by atoms with van der Waals surface area (Å²) in [6.07, 6.45) is 0.542. The maximum absolute atomic E-state index is 13.5. The summed E-state index contributed by atoms with van der Waals surface area (Å²) < 4.78 is 28.2. The summed E-state index contributed by atoms with van der Waals surface area (Å²) in [5.74, 6) is 3.59. The third-order valence-corrected chi connectivity index (χ3v) is 6.02. The minimum Gasteiger partial charge on any atom is -0.497 e. The molecule has 0 fully saturated rings. The lowest BCUT2D eigenvalue weighted by molar-refractivity contribution is 0.0991. The van der Waals surface area contributed by atoms with Crippen LogP contribution in [0.15, 0.2) is 48.5 Å². The second-order valence-corrected chi connectivity index (χ2v) is 7.57. The minimum atomic E-state index is -0.268. The Morgan fingerprint density at radius 2 is 1.53 bits per heavy atom. The molecule has 7 nitrogen and oxygen atoms in total. The van der Waals surface area contributed by atoms with E-state index in [4.69, 9.17) is 23.7 Å². The van der Waals surface area contributed by atoms with Crippen LogP contribution in [0.4, 0.5) is 5.69 Å². The van der Waals surface area contributed by atoms with Crippen molar-refractivity contribution in [1.82, 2.24) is 0 Å². The number of hydrogen-bond donors (Lipinski definition) is 0. The van der Waals surface area contributed by atoms with Crippen molar-refractivity contribution in [1.29, 1.82) is 0 Å². The second kappa shape index (κ2) is 7.67. The van der Waals surface area contributed by atoms with E-state index in [9.17, 15) is 4.79 Å². The van der Waals surface area contributed by atoms with Gasteiger partial charge in [0.1, 0.15) is 11.5 Å². The first-order chi connectivity index (χ1) is 15.6. The summed E-state index contributed by atoms with van der Waals surface area (Å²) in [6, 6.07) is 14.5. The Morgan fingerprint density at radius 1 is 0.844 bits per heavy atom. The molecule has 0 aromatic heterocycles. The summed E-state index contributed by atoms with van der Waals surface area (Å²) in [7, 11) is 6.39. The van der Waals surface area contributed by atoms with Crippen molar-refractivity contribution in [3.05, 3.63) is 65.2 Å². The molecule has 0 radical (unpaired) electrons. The maximum atomic E-state index is 13.5. The number of nitrogens with zero attached hydrogens (tertiary/aromatic N) is 1. The molecule has 1 unspecified atom stereocenters. The van der Waals surface area contributed by atoms with Crippen LogP contribution in [-0.4, -0.2) is 34.3 Å². The highest BCUT2D eigenvalue weighted by Crippen LogP contribution is 2.53. The molecular weight excluding hydrogens is 410 g/mol. The zero-order chi connectivity index (χ0) is 22.4. The van der Waals surface area contributed by atoms with Crippen LogP contribution < -0.4 is 28.6 Å². The number of methoxy groups -OCH3 is 4. The van der Waals surface area contributed by atoms with Crippen LogP contribution in [0.3, 0.4) is 0 Å². The number of rotatable bonds is 5. The van der Waals surface area contributed by atoms with E-state index >= 15 is 0 Å². The SMILES string of the molecule is COc1ccc(N2C(=O)c3ccc(OC)c4c3C2Cc2cc(OC)c(OC)cc2O4)cc1. The average Bonchev–Trinajstić information content (AvgIpc) is 3.00. The highest BCUT2D eigenvalue weighted by molar-refractivity contribution is 6.12. The molecule has 2 aliphatic heterocycles. The van der Waals surface area contributed by atoms with Gasteiger partial charge in [0.05, 0.1) is 34.5 Å². The third-order valence-electron chi connectivity index (χ3n) is 6.02. The summed E-state index contributed by atoms with van der Waals surface area (Å²) >= 11 is 0. The smallest absolute Gasteiger partial charge is 0.259 e. The van der Waals surface area contributed by atoms with Gasteiger partial charge in [0, 0.05) is 34.9 Å². The molecular formula is C25H23NO6. The lowest BCUT2D eigenvalue weighted by Crippen LogP contribution is -2.28. The first kappa shape index (κ1) is 20.1. The summed E-state index contributed by atoms with van der Waals surface area (Å²) in [5, 5.41) is 0. The van der Waals surface area contributed by atoms with Crippen LogP contribution in [-0.2, 0) is 6.42 Å². The summed E-state index contributed by atoms with van der Waals surface area (Å²) in [6.45, 7) is 0. The van der Waals surface area contributed by atoms with Crippen LogP contribution in [0, 0.1) is 0 Å². The molecule has 1 atom stereocenters. The molecule has 164 valence electrons. The number of amides is 1. The van der Waals surface area contributed by atoms with Crippen molar-refractivity contribution in [3.63, 3.8) is 0 Å². The van der Waals surface area contributed by atoms with E-state index < -0.39 is 0 Å². The number of benzene rings is 3. The van der Waals surface area contributed by atoms with Crippen LogP contribution >= 0.6 is 0 Å². The number of fused-ring (bicyclic) bond motifs is 1. The number of carbonyl (C=O) groups is 1. The molecule has 0 aliphatic carbocycles. The molecule has 0 spiro atoms. The van der Waals surface area contributed by atoms with Crippen molar-refractivity contribution >= 4 is 11.6 Å². The Balaban J connectivity index is 1.71. The molecule has 2 aliphatic rings. The van der Waals surface area contributed by atoms with Crippen molar-refractivity contribution in [2.75, 3.05) is 33.3 Å². The number of ether oxygens (including phenoxy) is 5. The second-order valence-electron chi connectivity index (χ2n) is 7.57. The van der Waals surface area contributed by atoms with Gasteiger partial charge in [-0.25, -0.2) is 0 Å². The monoisotopic (exact) mass is 433 g/mol. The van der Waals surface area contributed by atoms with Crippen LogP contribution in [0.5, 0.6) is 34.5 Å². The van der Waals surface area contributed by atoms with E-state index in [0.29, 0.717) is 40.7 Å². The van der Waals surface area contributed by atoms with E-state index in [1.54, 1.807) is 40.6 Å². The minimum absolute atomic E-state index is 0.0772. The number of carbonyl (C=O) groups excluding carboxylic acids is 1. The standard InChI is InChI=1S/C25H23NO6/c1-28-16-7-5-15(6-8-16)26-18-11-14-12-21(30-3)22(31-4)13-20(14)32-24-19(29-2)10-9-17(23(18)24)25(26)27/h5-10,12-13,18H,11H2,1-4H3. The molecule has 0 saturated carbocycles. The molecule has 0 saturated heterocycles. The molecule has 2 heterocycles. The van der Waals surface area contributed by atoms with Crippen LogP contribution in [0.2, 0.25) is 0 Å². The quantitative estimate of drug-likeness (QED) is 0.577. The molecule has 3 aromatic rings. The normalized spacial score (nSPS) is 15.9. The van der Waals surface area contributed by atoms with Gasteiger partial charge in [-0.2, -0.15) is 0 Å². The summed E-state index contributed by atoms with van der Waals surface area (Å²) in [4.78, 5) is 15.3. The van der Waals surface area contributed by atoms with E-state index in [1.807, 2.05) is 41.3 Å². The van der Waals surface area contributed by atoms with Gasteiger partial charge in [-0.15, -0.1) is 0 Å². The predicted molar refractivity (Wildman–Crippen MR) is 119 cm³/mol. The Hall–Kier alpha value is -3.87. The largest absolute Gasteiger partial charge is 0.497 e. The zero-order valence-electron chi connectivity index (χ0n) is 18.3. The molecule has 32 heavy (non-hydrogen) atoms. The molecule has 0 N–H and O–H groups in total. The number of hydrogen-bond acceptors (Lipinski definition) is 6. The average molecular weight is 433 g/mol. The van der Waals surface area contributed by atoms with Gasteiger partial charge in [0.15, 0.2) is 23.0 Å². The van der Waals surface area contributed by atoms with E-state index in [0.717, 1.165) is 22.6 Å². The van der Waals surface area contributed by atoms with Gasteiger partial charge in [-0.1, -0.05) is 0 Å². The van der Waals surface area contributed by atoms with Crippen molar-refractivity contribution in [2.45, 2.75) is 12.5 Å². The number of anilines is 1. The zero-order valence-corrected chi connectivity index (χ0v) is 18.3. The molecule has 5 rings (SSSR count). The van der Waals surface area contributed by atoms with Gasteiger partial charge in [0.25, 0.3) is 5.91 Å². The van der Waals surface area contributed by atoms with Crippen LogP contribution in [0.1, 0.15) is 27.5 Å². The van der Waals surface area contributed by atoms with E-state index in [-0.39, 0.29) is 11.9 Å². The predicted octanol–water partition coefficient (Wildman–Crippen LogP) is 4.77. The molecule has 3 aromatic carbocycles. The fourth-order valence-corrected chi connectivity index (χ4v) is 4.47. The fourth-order valence-electron chi connectivity index (χ4n) is 4.47. The molecule has 1 amide bonds. The maximum Gasteiger partial charge on any atom is 0.259 e. The van der Waals surface area contributed by atoms with Crippen molar-refractivity contribution in [2.24, 2.45) is 0 Å². The van der Waals surface area contributed by atoms with Gasteiger partial charge < -0.3 is 28.6 Å². The van der Waals surface area contributed by atoms with E-state index in [2.05, 4.69) is 0 Å². The van der Waals surface area contributed by atoms with Crippen molar-refractivity contribution < 1.29 is 28.5 Å². The molecule has 7 heteroatoms. The topological polar surface area (TPSA) is 66.5 Å². The lowest BCUT2D eigenvalue weighted by atomic mass is 9.97. The fraction of sp³-hybridized carbons (Fsp3) is 0.240. The van der Waals surface area contributed by atoms with Crippen LogP contribution in [0.25, 0.3) is 0 Å². The Morgan fingerprint density at radius 3 is 2.19 bits per heavy atom. The third kappa shape index (κ3) is 2.92. The van der Waals surface area contributed by atoms with Crippen molar-refractivity contribution in [3.8, 4) is 34.5 Å². The highest BCUT2D eigenvalue weighted by Gasteiger charge is 2.43. The Bertz CT molecular complexity index is 1200. The first-order valence-corrected chi connectivity index (χ1v) is 10.2.